The molecule has 14 heteroatoms. The van der Waals surface area contributed by atoms with Crippen molar-refractivity contribution in [2.75, 3.05) is 13.7 Å². The Morgan fingerprint density at radius 2 is 1.70 bits per heavy atom. The van der Waals surface area contributed by atoms with Crippen LogP contribution in [-0.4, -0.2) is 109 Å². The van der Waals surface area contributed by atoms with Gasteiger partial charge in [0.1, 0.15) is 12.4 Å². The lowest BCUT2D eigenvalue weighted by molar-refractivity contribution is -0.342. The van der Waals surface area contributed by atoms with Crippen molar-refractivity contribution >= 4 is 24.2 Å². The predicted molar refractivity (Wildman–Crippen MR) is 236 cm³/mol. The number of benzene rings is 1. The average Bonchev–Trinajstić information content (AvgIpc) is 3.23. The molecule has 1 saturated carbocycles. The molecule has 1 unspecified atom stereocenters. The van der Waals surface area contributed by atoms with Crippen LogP contribution in [0.1, 0.15) is 131 Å². The number of ether oxygens (including phenoxy) is 8. The molecule has 5 rings (SSSR count). The number of aliphatic hydroxyl groups excluding tert-OH is 1. The lowest BCUT2D eigenvalue weighted by Gasteiger charge is -2.51. The standard InChI is InChI=1S/C50H74O14/c1-32(2)43-19-18-33(3)30-49(43)59-23-20-41(63-49)28-40-17-12-16-39(61-40)26-38(53)27-46(55)62-44(34(4)58-31-36-14-10-9-11-15-36)29-42-24-37(25-45(54)57-8)47(60-35(5)52)50(56,64-42)48(6,7)21-13-22-51/h9-11,13-15,21-22,25,32-34,38-44,47,53,56H,12,16-20,23-24,26-31H2,1-8H3/b21-13+,37-25+/t33-,34-,38-,39+,40-,41+,42+,43+,44-,47?,49+,50-/m1/s1. The first-order valence-corrected chi connectivity index (χ1v) is 23.4. The highest BCUT2D eigenvalue weighted by Crippen LogP contribution is 2.48. The van der Waals surface area contributed by atoms with E-state index >= 15 is 0 Å². The molecule has 1 spiro atoms. The third-order valence-electron chi connectivity index (χ3n) is 13.5. The van der Waals surface area contributed by atoms with Crippen molar-refractivity contribution in [2.24, 2.45) is 23.2 Å². The Hall–Kier alpha value is -3.50. The van der Waals surface area contributed by atoms with Gasteiger partial charge in [-0.05, 0) is 80.9 Å². The quantitative estimate of drug-likeness (QED) is 0.0613. The lowest BCUT2D eigenvalue weighted by Crippen LogP contribution is -2.62. The first-order valence-electron chi connectivity index (χ1n) is 23.4. The highest BCUT2D eigenvalue weighted by atomic mass is 16.7. The van der Waals surface area contributed by atoms with E-state index < -0.39 is 65.4 Å². The lowest BCUT2D eigenvalue weighted by atomic mass is 9.72. The highest BCUT2D eigenvalue weighted by Gasteiger charge is 2.57. The summed E-state index contributed by atoms with van der Waals surface area (Å²) in [4.78, 5) is 50.2. The molecule has 0 bridgehead atoms. The molecule has 2 N–H and O–H groups in total. The van der Waals surface area contributed by atoms with Crippen molar-refractivity contribution < 1.29 is 67.3 Å². The minimum atomic E-state index is -2.30. The zero-order valence-corrected chi connectivity index (χ0v) is 39.2. The van der Waals surface area contributed by atoms with Crippen molar-refractivity contribution in [1.29, 1.82) is 0 Å². The Bertz CT molecular complexity index is 1740. The predicted octanol–water partition coefficient (Wildman–Crippen LogP) is 7.25. The summed E-state index contributed by atoms with van der Waals surface area (Å²) in [6, 6.07) is 9.49. The van der Waals surface area contributed by atoms with E-state index in [-0.39, 0.29) is 56.2 Å². The molecule has 0 amide bonds. The van der Waals surface area contributed by atoms with Crippen LogP contribution in [0.15, 0.2) is 54.1 Å². The summed E-state index contributed by atoms with van der Waals surface area (Å²) in [7, 11) is 1.20. The molecule has 4 aliphatic rings. The van der Waals surface area contributed by atoms with Crippen LogP contribution >= 0.6 is 0 Å². The fraction of sp³-hybridized carbons (Fsp3) is 0.720. The first kappa shape index (κ1) is 51.5. The Labute approximate surface area is 379 Å². The normalized spacial score (nSPS) is 32.2. The second kappa shape index (κ2) is 23.3. The minimum Gasteiger partial charge on any atom is -0.466 e. The number of carbonyl (C=O) groups excluding carboxylic acids is 4. The molecule has 0 radical (unpaired) electrons. The van der Waals surface area contributed by atoms with Crippen molar-refractivity contribution in [2.45, 2.75) is 193 Å². The fourth-order valence-electron chi connectivity index (χ4n) is 10.1. The van der Waals surface area contributed by atoms with E-state index in [0.29, 0.717) is 30.6 Å². The van der Waals surface area contributed by atoms with Crippen LogP contribution in [0.5, 0.6) is 0 Å². The Kier molecular flexibility index (Phi) is 18.7. The van der Waals surface area contributed by atoms with Crippen molar-refractivity contribution in [1.82, 2.24) is 0 Å². The van der Waals surface area contributed by atoms with Gasteiger partial charge in [-0.15, -0.1) is 0 Å². The molecular formula is C50H74O14. The van der Waals surface area contributed by atoms with E-state index in [1.807, 2.05) is 30.3 Å². The molecule has 4 fully saturated rings. The number of rotatable bonds is 19. The van der Waals surface area contributed by atoms with Crippen molar-refractivity contribution in [3.8, 4) is 0 Å². The van der Waals surface area contributed by atoms with Crippen LogP contribution in [0, 0.1) is 23.2 Å². The second-order valence-corrected chi connectivity index (χ2v) is 19.4. The van der Waals surface area contributed by atoms with Crippen LogP contribution < -0.4 is 0 Å². The van der Waals surface area contributed by atoms with E-state index in [1.54, 1.807) is 20.8 Å². The number of carbonyl (C=O) groups is 4. The SMILES string of the molecule is COC(=O)/C=C1\C[C@@H](C[C@@H](OC(=O)C[C@H](O)C[C@@H]2CCC[C@H](C[C@@H]3CCO[C@@]4(C[C@H](C)CC[C@H]4C(C)C)O3)O2)[C@@H](C)OCc2ccccc2)O[C@@](O)(C(C)(C)/C=C/C=O)C1OC(C)=O. The summed E-state index contributed by atoms with van der Waals surface area (Å²) in [5.41, 5.74) is -0.270. The fourth-order valence-corrected chi connectivity index (χ4v) is 10.1. The number of aldehydes is 1. The van der Waals surface area contributed by atoms with Gasteiger partial charge in [0, 0.05) is 43.6 Å². The molecule has 0 aromatic heterocycles. The Morgan fingerprint density at radius 1 is 0.969 bits per heavy atom. The zero-order chi connectivity index (χ0) is 46.7. The molecule has 64 heavy (non-hydrogen) atoms. The Balaban J connectivity index is 1.27. The van der Waals surface area contributed by atoms with Crippen LogP contribution in [0.2, 0.25) is 0 Å². The van der Waals surface area contributed by atoms with E-state index in [1.165, 1.54) is 32.6 Å². The zero-order valence-electron chi connectivity index (χ0n) is 39.2. The largest absolute Gasteiger partial charge is 0.466 e. The molecule has 12 atom stereocenters. The molecule has 1 aliphatic carbocycles. The van der Waals surface area contributed by atoms with E-state index in [9.17, 15) is 29.4 Å². The molecule has 358 valence electrons. The van der Waals surface area contributed by atoms with E-state index in [0.717, 1.165) is 56.6 Å². The first-order chi connectivity index (χ1) is 30.4. The van der Waals surface area contributed by atoms with Gasteiger partial charge in [0.15, 0.2) is 11.9 Å². The number of esters is 3. The molecule has 3 heterocycles. The summed E-state index contributed by atoms with van der Waals surface area (Å²) >= 11 is 0. The topological polar surface area (TPSA) is 183 Å². The summed E-state index contributed by atoms with van der Waals surface area (Å²) in [5.74, 6) is -3.66. The summed E-state index contributed by atoms with van der Waals surface area (Å²) in [6.07, 6.45) is 6.19. The van der Waals surface area contributed by atoms with Gasteiger partial charge in [0.25, 0.3) is 0 Å². The maximum absolute atomic E-state index is 13.8. The maximum atomic E-state index is 13.8. The number of hydrogen-bond acceptors (Lipinski definition) is 14. The average molecular weight is 899 g/mol. The summed E-state index contributed by atoms with van der Waals surface area (Å²) in [6.45, 7) is 13.8. The minimum absolute atomic E-state index is 0.0228. The summed E-state index contributed by atoms with van der Waals surface area (Å²) < 4.78 is 49.2. The van der Waals surface area contributed by atoms with E-state index in [2.05, 4.69) is 20.8 Å². The number of methoxy groups -OCH3 is 1. The third kappa shape index (κ3) is 13.8. The molecule has 1 aromatic rings. The summed E-state index contributed by atoms with van der Waals surface area (Å²) in [5, 5.41) is 23.7. The van der Waals surface area contributed by atoms with Gasteiger partial charge in [-0.3, -0.25) is 14.4 Å². The molecule has 3 aliphatic heterocycles. The molecule has 14 nitrogen and oxygen atoms in total. The van der Waals surface area contributed by atoms with Gasteiger partial charge in [-0.25, -0.2) is 4.79 Å². The van der Waals surface area contributed by atoms with Gasteiger partial charge >= 0.3 is 17.9 Å². The van der Waals surface area contributed by atoms with E-state index in [4.69, 9.17) is 37.9 Å². The molecule has 3 saturated heterocycles. The van der Waals surface area contributed by atoms with Crippen LogP contribution in [0.3, 0.4) is 0 Å². The highest BCUT2D eigenvalue weighted by molar-refractivity contribution is 5.83. The second-order valence-electron chi connectivity index (χ2n) is 19.4. The number of aliphatic hydroxyl groups is 2. The number of hydrogen-bond donors (Lipinski definition) is 2. The van der Waals surface area contributed by atoms with Crippen molar-refractivity contribution in [3.63, 3.8) is 0 Å². The third-order valence-corrected chi connectivity index (χ3v) is 13.5. The monoisotopic (exact) mass is 899 g/mol. The van der Waals surface area contributed by atoms with Gasteiger partial charge in [0.2, 0.25) is 5.79 Å². The van der Waals surface area contributed by atoms with Crippen LogP contribution in [-0.2, 0) is 63.7 Å². The van der Waals surface area contributed by atoms with Crippen molar-refractivity contribution in [3.05, 3.63) is 59.7 Å². The Morgan fingerprint density at radius 3 is 2.39 bits per heavy atom. The molecule has 1 aromatic carbocycles. The molecular weight excluding hydrogens is 825 g/mol. The number of allylic oxidation sites excluding steroid dienone is 1. The van der Waals surface area contributed by atoms with Gasteiger partial charge in [0.05, 0.1) is 63.4 Å². The maximum Gasteiger partial charge on any atom is 0.330 e. The van der Waals surface area contributed by atoms with Gasteiger partial charge in [-0.2, -0.15) is 0 Å². The van der Waals surface area contributed by atoms with Crippen LogP contribution in [0.25, 0.3) is 0 Å². The van der Waals surface area contributed by atoms with Crippen LogP contribution in [0.4, 0.5) is 0 Å². The van der Waals surface area contributed by atoms with Gasteiger partial charge < -0.3 is 48.1 Å². The van der Waals surface area contributed by atoms with Gasteiger partial charge in [-0.1, -0.05) is 77.4 Å². The smallest absolute Gasteiger partial charge is 0.330 e.